The smallest absolute Gasteiger partial charge is 0.164 e. The second kappa shape index (κ2) is 4.67. The molecule has 0 N–H and O–H groups in total. The quantitative estimate of drug-likeness (QED) is 0.822. The molecule has 0 aliphatic carbocycles. The molecule has 0 saturated heterocycles. The molecule has 0 aliphatic heterocycles. The first kappa shape index (κ1) is 11.8. The van der Waals surface area contributed by atoms with Crippen LogP contribution in [0, 0.1) is 0 Å². The fraction of sp³-hybridized carbons (Fsp3) is 0.273. The van der Waals surface area contributed by atoms with E-state index in [2.05, 4.69) is 55.9 Å². The molecule has 0 amide bonds. The average Bonchev–Trinajstić information content (AvgIpc) is 2.63. The fourth-order valence-corrected chi connectivity index (χ4v) is 2.80. The lowest BCUT2D eigenvalue weighted by molar-refractivity contribution is 0.604. The van der Waals surface area contributed by atoms with E-state index >= 15 is 0 Å². The Labute approximate surface area is 111 Å². The maximum absolute atomic E-state index is 4.16. The molecule has 1 aromatic carbocycles. The molecule has 84 valence electrons. The van der Waals surface area contributed by atoms with Crippen LogP contribution >= 0.6 is 31.9 Å². The molecule has 2 aromatic rings. The molecule has 0 fully saturated rings. The van der Waals surface area contributed by atoms with Gasteiger partial charge in [-0.05, 0) is 32.0 Å². The van der Waals surface area contributed by atoms with Gasteiger partial charge >= 0.3 is 0 Å². The van der Waals surface area contributed by atoms with E-state index in [0.29, 0.717) is 6.04 Å². The maximum Gasteiger partial charge on any atom is 0.164 e. The summed E-state index contributed by atoms with van der Waals surface area (Å²) in [7, 11) is 0. The molecule has 3 nitrogen and oxygen atoms in total. The van der Waals surface area contributed by atoms with Crippen molar-refractivity contribution >= 4 is 31.9 Å². The van der Waals surface area contributed by atoms with Crippen LogP contribution in [0.5, 0.6) is 0 Å². The maximum atomic E-state index is 4.16. The second-order valence-electron chi connectivity index (χ2n) is 3.81. The number of aromatic nitrogens is 3. The van der Waals surface area contributed by atoms with Gasteiger partial charge in [0.1, 0.15) is 6.33 Å². The number of benzene rings is 1. The summed E-state index contributed by atoms with van der Waals surface area (Å²) in [6, 6.07) is 6.42. The summed E-state index contributed by atoms with van der Waals surface area (Å²) in [6.45, 7) is 4.22. The summed E-state index contributed by atoms with van der Waals surface area (Å²) in [5.41, 5.74) is 1.05. The lowest BCUT2D eigenvalue weighted by atomic mass is 10.2. The zero-order valence-electron chi connectivity index (χ0n) is 8.98. The summed E-state index contributed by atoms with van der Waals surface area (Å²) >= 11 is 6.95. The van der Waals surface area contributed by atoms with Crippen molar-refractivity contribution in [2.45, 2.75) is 19.9 Å². The lowest BCUT2D eigenvalue weighted by Gasteiger charge is -2.10. The standard InChI is InChI=1S/C11H11Br2N3/c1-7(2)16-6-14-15-11(16)8-3-9(12)5-10(13)4-8/h3-7H,1-2H3. The Kier molecular flexibility index (Phi) is 3.44. The van der Waals surface area contributed by atoms with Gasteiger partial charge in [0.05, 0.1) is 0 Å². The van der Waals surface area contributed by atoms with Crippen LogP contribution in [0.3, 0.4) is 0 Å². The van der Waals surface area contributed by atoms with Gasteiger partial charge < -0.3 is 4.57 Å². The monoisotopic (exact) mass is 343 g/mol. The van der Waals surface area contributed by atoms with Crippen LogP contribution in [0.4, 0.5) is 0 Å². The predicted molar refractivity (Wildman–Crippen MR) is 71.2 cm³/mol. The molecular formula is C11H11Br2N3. The van der Waals surface area contributed by atoms with E-state index in [4.69, 9.17) is 0 Å². The third kappa shape index (κ3) is 2.35. The highest BCUT2D eigenvalue weighted by atomic mass is 79.9. The van der Waals surface area contributed by atoms with Crippen LogP contribution in [-0.2, 0) is 0 Å². The molecule has 0 aliphatic rings. The molecule has 16 heavy (non-hydrogen) atoms. The normalized spacial score (nSPS) is 11.1. The zero-order valence-corrected chi connectivity index (χ0v) is 12.2. The van der Waals surface area contributed by atoms with E-state index in [9.17, 15) is 0 Å². The van der Waals surface area contributed by atoms with E-state index in [1.807, 2.05) is 22.8 Å². The zero-order chi connectivity index (χ0) is 11.7. The third-order valence-corrected chi connectivity index (χ3v) is 3.17. The first-order chi connectivity index (χ1) is 7.58. The van der Waals surface area contributed by atoms with Crippen molar-refractivity contribution in [2.24, 2.45) is 0 Å². The minimum atomic E-state index is 0.350. The van der Waals surface area contributed by atoms with Crippen molar-refractivity contribution in [1.82, 2.24) is 14.8 Å². The number of hydrogen-bond acceptors (Lipinski definition) is 2. The van der Waals surface area contributed by atoms with Crippen LogP contribution in [0.15, 0.2) is 33.5 Å². The van der Waals surface area contributed by atoms with E-state index in [0.717, 1.165) is 20.3 Å². The molecule has 0 atom stereocenters. The van der Waals surface area contributed by atoms with Crippen LogP contribution in [0.2, 0.25) is 0 Å². The van der Waals surface area contributed by atoms with Gasteiger partial charge in [-0.1, -0.05) is 31.9 Å². The first-order valence-corrected chi connectivity index (χ1v) is 6.52. The van der Waals surface area contributed by atoms with Gasteiger partial charge in [-0.3, -0.25) is 0 Å². The second-order valence-corrected chi connectivity index (χ2v) is 5.65. The highest BCUT2D eigenvalue weighted by molar-refractivity contribution is 9.11. The number of halogens is 2. The SMILES string of the molecule is CC(C)n1cnnc1-c1cc(Br)cc(Br)c1. The Balaban J connectivity index is 2.54. The molecule has 5 heteroatoms. The van der Waals surface area contributed by atoms with Crippen LogP contribution < -0.4 is 0 Å². The van der Waals surface area contributed by atoms with E-state index in [1.54, 1.807) is 6.33 Å². The first-order valence-electron chi connectivity index (χ1n) is 4.94. The Hall–Kier alpha value is -0.680. The van der Waals surface area contributed by atoms with Crippen molar-refractivity contribution in [2.75, 3.05) is 0 Å². The number of nitrogens with zero attached hydrogens (tertiary/aromatic N) is 3. The Morgan fingerprint density at radius 1 is 1.12 bits per heavy atom. The molecular weight excluding hydrogens is 334 g/mol. The molecule has 0 bridgehead atoms. The predicted octanol–water partition coefficient (Wildman–Crippen LogP) is 4.05. The van der Waals surface area contributed by atoms with Gasteiger partial charge in [-0.2, -0.15) is 0 Å². The molecule has 0 unspecified atom stereocenters. The minimum absolute atomic E-state index is 0.350. The van der Waals surface area contributed by atoms with Gasteiger partial charge in [0.25, 0.3) is 0 Å². The van der Waals surface area contributed by atoms with Crippen molar-refractivity contribution in [1.29, 1.82) is 0 Å². The minimum Gasteiger partial charge on any atom is -0.311 e. The van der Waals surface area contributed by atoms with Gasteiger partial charge in [0.2, 0.25) is 0 Å². The van der Waals surface area contributed by atoms with Gasteiger partial charge in [0, 0.05) is 20.6 Å². The van der Waals surface area contributed by atoms with Crippen molar-refractivity contribution in [3.63, 3.8) is 0 Å². The number of rotatable bonds is 2. The van der Waals surface area contributed by atoms with Crippen molar-refractivity contribution in [3.05, 3.63) is 33.5 Å². The third-order valence-electron chi connectivity index (χ3n) is 2.25. The summed E-state index contributed by atoms with van der Waals surface area (Å²) in [4.78, 5) is 0. The summed E-state index contributed by atoms with van der Waals surface area (Å²) < 4.78 is 4.10. The summed E-state index contributed by atoms with van der Waals surface area (Å²) in [6.07, 6.45) is 1.76. The molecule has 0 radical (unpaired) electrons. The van der Waals surface area contributed by atoms with Gasteiger partial charge in [0.15, 0.2) is 5.82 Å². The molecule has 1 heterocycles. The van der Waals surface area contributed by atoms with Crippen LogP contribution in [0.25, 0.3) is 11.4 Å². The van der Waals surface area contributed by atoms with E-state index in [1.165, 1.54) is 0 Å². The van der Waals surface area contributed by atoms with Gasteiger partial charge in [-0.25, -0.2) is 0 Å². The fourth-order valence-electron chi connectivity index (χ4n) is 1.51. The Morgan fingerprint density at radius 2 is 1.75 bits per heavy atom. The van der Waals surface area contributed by atoms with Crippen molar-refractivity contribution < 1.29 is 0 Å². The van der Waals surface area contributed by atoms with E-state index in [-0.39, 0.29) is 0 Å². The average molecular weight is 345 g/mol. The highest BCUT2D eigenvalue weighted by Gasteiger charge is 2.10. The lowest BCUT2D eigenvalue weighted by Crippen LogP contribution is -2.01. The largest absolute Gasteiger partial charge is 0.311 e. The number of hydrogen-bond donors (Lipinski definition) is 0. The Morgan fingerprint density at radius 3 is 2.31 bits per heavy atom. The van der Waals surface area contributed by atoms with E-state index < -0.39 is 0 Å². The molecule has 2 rings (SSSR count). The molecule has 1 aromatic heterocycles. The highest BCUT2D eigenvalue weighted by Crippen LogP contribution is 2.27. The molecule has 0 spiro atoms. The summed E-state index contributed by atoms with van der Waals surface area (Å²) in [5.74, 6) is 0.886. The van der Waals surface area contributed by atoms with Crippen LogP contribution in [-0.4, -0.2) is 14.8 Å². The summed E-state index contributed by atoms with van der Waals surface area (Å²) in [5, 5.41) is 8.12. The van der Waals surface area contributed by atoms with Crippen molar-refractivity contribution in [3.8, 4) is 11.4 Å². The topological polar surface area (TPSA) is 30.7 Å². The Bertz CT molecular complexity index is 485. The molecule has 0 saturated carbocycles. The van der Waals surface area contributed by atoms with Crippen LogP contribution in [0.1, 0.15) is 19.9 Å². The van der Waals surface area contributed by atoms with Gasteiger partial charge in [-0.15, -0.1) is 10.2 Å².